The van der Waals surface area contributed by atoms with Crippen LogP contribution in [0.15, 0.2) is 54.6 Å². The second-order valence-electron chi connectivity index (χ2n) is 4.48. The minimum Gasteiger partial charge on any atom is -0.321 e. The van der Waals surface area contributed by atoms with Crippen molar-refractivity contribution in [2.24, 2.45) is 0 Å². The molecule has 3 rings (SSSR count). The van der Waals surface area contributed by atoms with Gasteiger partial charge in [0.05, 0.1) is 0 Å². The van der Waals surface area contributed by atoms with E-state index in [2.05, 4.69) is 10.3 Å². The van der Waals surface area contributed by atoms with E-state index in [1.165, 1.54) is 0 Å². The van der Waals surface area contributed by atoms with Crippen molar-refractivity contribution in [3.05, 3.63) is 70.5 Å². The highest BCUT2D eigenvalue weighted by Gasteiger charge is 2.11. The summed E-state index contributed by atoms with van der Waals surface area (Å²) in [5.41, 5.74) is 0.920. The van der Waals surface area contributed by atoms with Crippen molar-refractivity contribution in [2.75, 3.05) is 5.32 Å². The third-order valence-corrected chi connectivity index (χ3v) is 3.57. The fraction of sp³-hybridized carbons (Fsp3) is 0. The maximum absolute atomic E-state index is 12.2. The molecule has 0 radical (unpaired) electrons. The summed E-state index contributed by atoms with van der Waals surface area (Å²) in [6, 6.07) is 16.1. The number of amides is 1. The Hall–Kier alpha value is -2.10. The summed E-state index contributed by atoms with van der Waals surface area (Å²) >= 11 is 11.9. The zero-order chi connectivity index (χ0) is 14.8. The number of halogens is 2. The van der Waals surface area contributed by atoms with E-state index >= 15 is 0 Å². The first kappa shape index (κ1) is 13.9. The van der Waals surface area contributed by atoms with Crippen molar-refractivity contribution >= 4 is 45.6 Å². The van der Waals surface area contributed by atoms with Crippen LogP contribution in [0.5, 0.6) is 0 Å². The normalized spacial score (nSPS) is 10.6. The van der Waals surface area contributed by atoms with Crippen LogP contribution in [0.2, 0.25) is 10.2 Å². The molecule has 0 saturated heterocycles. The summed E-state index contributed by atoms with van der Waals surface area (Å²) in [5.74, 6) is -0.315. The van der Waals surface area contributed by atoms with E-state index in [0.29, 0.717) is 15.9 Å². The molecule has 0 fully saturated rings. The number of pyridine rings is 1. The molecule has 0 unspecified atom stereocenters. The van der Waals surface area contributed by atoms with Crippen molar-refractivity contribution < 1.29 is 4.79 Å². The molecule has 0 saturated carbocycles. The third kappa shape index (κ3) is 2.99. The fourth-order valence-electron chi connectivity index (χ4n) is 2.00. The predicted molar refractivity (Wildman–Crippen MR) is 86.2 cm³/mol. The average Bonchev–Trinajstić information content (AvgIpc) is 2.49. The Morgan fingerprint density at radius 3 is 2.48 bits per heavy atom. The van der Waals surface area contributed by atoms with Crippen molar-refractivity contribution in [2.45, 2.75) is 0 Å². The van der Waals surface area contributed by atoms with Crippen LogP contribution in [-0.4, -0.2) is 10.9 Å². The molecule has 5 heteroatoms. The minimum absolute atomic E-state index is 0.272. The quantitative estimate of drug-likeness (QED) is 0.690. The van der Waals surface area contributed by atoms with Crippen LogP contribution in [0.25, 0.3) is 10.8 Å². The molecule has 21 heavy (non-hydrogen) atoms. The number of carbonyl (C=O) groups excluding carboxylic acids is 1. The van der Waals surface area contributed by atoms with Gasteiger partial charge in [-0.1, -0.05) is 47.5 Å². The molecular formula is C16H10Cl2N2O. The van der Waals surface area contributed by atoms with Crippen LogP contribution in [0.1, 0.15) is 10.5 Å². The monoisotopic (exact) mass is 316 g/mol. The SMILES string of the molecule is O=C(Nc1ccc(Cl)cc1)c1cc2ccccc2c(Cl)n1. The molecule has 3 aromatic rings. The molecule has 0 bridgehead atoms. The molecule has 0 spiro atoms. The maximum atomic E-state index is 12.2. The van der Waals surface area contributed by atoms with Crippen molar-refractivity contribution in [3.8, 4) is 0 Å². The average molecular weight is 317 g/mol. The van der Waals surface area contributed by atoms with E-state index in [1.807, 2.05) is 24.3 Å². The van der Waals surface area contributed by atoms with Gasteiger partial charge in [0.25, 0.3) is 5.91 Å². The summed E-state index contributed by atoms with van der Waals surface area (Å²) in [6.07, 6.45) is 0. The van der Waals surface area contributed by atoms with Crippen LogP contribution in [0.3, 0.4) is 0 Å². The van der Waals surface area contributed by atoms with E-state index in [-0.39, 0.29) is 11.6 Å². The lowest BCUT2D eigenvalue weighted by atomic mass is 10.1. The largest absolute Gasteiger partial charge is 0.321 e. The molecular weight excluding hydrogens is 307 g/mol. The standard InChI is InChI=1S/C16H10Cl2N2O/c17-11-5-7-12(8-6-11)19-16(21)14-9-10-3-1-2-4-13(10)15(18)20-14/h1-9H,(H,19,21). The van der Waals surface area contributed by atoms with E-state index in [9.17, 15) is 4.79 Å². The topological polar surface area (TPSA) is 42.0 Å². The number of anilines is 1. The zero-order valence-electron chi connectivity index (χ0n) is 10.8. The molecule has 1 amide bonds. The Morgan fingerprint density at radius 2 is 1.71 bits per heavy atom. The second kappa shape index (κ2) is 5.72. The highest BCUT2D eigenvalue weighted by Crippen LogP contribution is 2.23. The van der Waals surface area contributed by atoms with Gasteiger partial charge in [0, 0.05) is 16.1 Å². The fourth-order valence-corrected chi connectivity index (χ4v) is 2.39. The number of benzene rings is 2. The first-order valence-electron chi connectivity index (χ1n) is 6.26. The van der Waals surface area contributed by atoms with Crippen LogP contribution >= 0.6 is 23.2 Å². The number of rotatable bonds is 2. The summed E-state index contributed by atoms with van der Waals surface area (Å²) in [4.78, 5) is 16.4. The number of hydrogen-bond donors (Lipinski definition) is 1. The zero-order valence-corrected chi connectivity index (χ0v) is 12.3. The smallest absolute Gasteiger partial charge is 0.274 e. The van der Waals surface area contributed by atoms with Crippen molar-refractivity contribution in [1.82, 2.24) is 4.98 Å². The van der Waals surface area contributed by atoms with Gasteiger partial charge in [-0.25, -0.2) is 4.98 Å². The molecule has 104 valence electrons. The number of nitrogens with one attached hydrogen (secondary N) is 1. The highest BCUT2D eigenvalue weighted by molar-refractivity contribution is 6.34. The van der Waals surface area contributed by atoms with Gasteiger partial charge < -0.3 is 5.32 Å². The Labute approximate surface area is 131 Å². The van der Waals surface area contributed by atoms with Crippen molar-refractivity contribution in [3.63, 3.8) is 0 Å². The number of hydrogen-bond acceptors (Lipinski definition) is 2. The Morgan fingerprint density at radius 1 is 1.00 bits per heavy atom. The number of aromatic nitrogens is 1. The Kier molecular flexibility index (Phi) is 3.78. The Bertz CT molecular complexity index is 816. The van der Waals surface area contributed by atoms with E-state index in [0.717, 1.165) is 10.8 Å². The lowest BCUT2D eigenvalue weighted by molar-refractivity contribution is 0.102. The predicted octanol–water partition coefficient (Wildman–Crippen LogP) is 4.79. The molecule has 0 aliphatic carbocycles. The lowest BCUT2D eigenvalue weighted by Crippen LogP contribution is -2.13. The van der Waals surface area contributed by atoms with Gasteiger partial charge in [-0.3, -0.25) is 4.79 Å². The Balaban J connectivity index is 1.92. The first-order chi connectivity index (χ1) is 10.1. The van der Waals surface area contributed by atoms with Gasteiger partial charge in [0.15, 0.2) is 0 Å². The summed E-state index contributed by atoms with van der Waals surface area (Å²) in [7, 11) is 0. The first-order valence-corrected chi connectivity index (χ1v) is 7.01. The maximum Gasteiger partial charge on any atom is 0.274 e. The van der Waals surface area contributed by atoms with Crippen LogP contribution in [0, 0.1) is 0 Å². The van der Waals surface area contributed by atoms with Crippen LogP contribution in [0.4, 0.5) is 5.69 Å². The van der Waals surface area contributed by atoms with Gasteiger partial charge >= 0.3 is 0 Å². The molecule has 0 aliphatic heterocycles. The number of carbonyl (C=O) groups is 1. The summed E-state index contributed by atoms with van der Waals surface area (Å²) in [6.45, 7) is 0. The van der Waals surface area contributed by atoms with Gasteiger partial charge in [0.1, 0.15) is 10.8 Å². The van der Waals surface area contributed by atoms with E-state index in [4.69, 9.17) is 23.2 Å². The number of nitrogens with zero attached hydrogens (tertiary/aromatic N) is 1. The highest BCUT2D eigenvalue weighted by atomic mass is 35.5. The summed E-state index contributed by atoms with van der Waals surface area (Å²) < 4.78 is 0. The lowest BCUT2D eigenvalue weighted by Gasteiger charge is -2.07. The molecule has 1 N–H and O–H groups in total. The molecule has 1 aromatic heterocycles. The molecule has 2 aromatic carbocycles. The minimum atomic E-state index is -0.315. The molecule has 0 atom stereocenters. The second-order valence-corrected chi connectivity index (χ2v) is 5.27. The van der Waals surface area contributed by atoms with E-state index < -0.39 is 0 Å². The van der Waals surface area contributed by atoms with Crippen LogP contribution < -0.4 is 5.32 Å². The molecule has 0 aliphatic rings. The molecule has 3 nitrogen and oxygen atoms in total. The van der Waals surface area contributed by atoms with Crippen LogP contribution in [-0.2, 0) is 0 Å². The van der Waals surface area contributed by atoms with E-state index in [1.54, 1.807) is 30.3 Å². The third-order valence-electron chi connectivity index (χ3n) is 3.03. The van der Waals surface area contributed by atoms with Crippen molar-refractivity contribution in [1.29, 1.82) is 0 Å². The van der Waals surface area contributed by atoms with Gasteiger partial charge in [-0.05, 0) is 35.7 Å². The molecule has 1 heterocycles. The summed E-state index contributed by atoms with van der Waals surface area (Å²) in [5, 5.41) is 5.38. The number of fused-ring (bicyclic) bond motifs is 1. The van der Waals surface area contributed by atoms with Gasteiger partial charge in [-0.2, -0.15) is 0 Å². The van der Waals surface area contributed by atoms with Gasteiger partial charge in [-0.15, -0.1) is 0 Å². The van der Waals surface area contributed by atoms with Gasteiger partial charge in [0.2, 0.25) is 0 Å².